The van der Waals surface area contributed by atoms with E-state index in [2.05, 4.69) is 17.2 Å². The van der Waals surface area contributed by atoms with Gasteiger partial charge in [-0.1, -0.05) is 6.92 Å². The first-order valence-corrected chi connectivity index (χ1v) is 6.15. The van der Waals surface area contributed by atoms with Crippen molar-refractivity contribution in [3.63, 3.8) is 0 Å². The van der Waals surface area contributed by atoms with Crippen LogP contribution in [0.1, 0.15) is 43.0 Å². The van der Waals surface area contributed by atoms with Gasteiger partial charge in [0.15, 0.2) is 0 Å². The number of rotatable bonds is 2. The minimum atomic E-state index is -0.187. The molecule has 1 aromatic rings. The van der Waals surface area contributed by atoms with Crippen LogP contribution >= 0.6 is 0 Å². The molecular weight excluding hydrogens is 216 g/mol. The molecule has 2 N–H and O–H groups in total. The van der Waals surface area contributed by atoms with Gasteiger partial charge >= 0.3 is 0 Å². The van der Waals surface area contributed by atoms with Crippen LogP contribution in [0, 0.1) is 5.92 Å². The normalized spacial score (nSPS) is 24.3. The van der Waals surface area contributed by atoms with Crippen LogP contribution < -0.4 is 10.9 Å². The molecule has 1 aliphatic carbocycles. The highest BCUT2D eigenvalue weighted by atomic mass is 16.2. The van der Waals surface area contributed by atoms with Crippen LogP contribution in [0.5, 0.6) is 0 Å². The number of pyridine rings is 1. The summed E-state index contributed by atoms with van der Waals surface area (Å²) in [4.78, 5) is 25.3. The lowest BCUT2D eigenvalue weighted by Gasteiger charge is -2.26. The Labute approximate surface area is 100 Å². The van der Waals surface area contributed by atoms with Crippen molar-refractivity contribution in [3.05, 3.63) is 34.2 Å². The lowest BCUT2D eigenvalue weighted by atomic mass is 9.87. The highest BCUT2D eigenvalue weighted by Crippen LogP contribution is 2.23. The van der Waals surface area contributed by atoms with Crippen molar-refractivity contribution < 1.29 is 4.79 Å². The third-order valence-corrected chi connectivity index (χ3v) is 3.40. The van der Waals surface area contributed by atoms with Crippen molar-refractivity contribution in [2.75, 3.05) is 0 Å². The van der Waals surface area contributed by atoms with Gasteiger partial charge in [0.1, 0.15) is 0 Å². The lowest BCUT2D eigenvalue weighted by molar-refractivity contribution is 0.0922. The van der Waals surface area contributed by atoms with E-state index in [1.165, 1.54) is 25.1 Å². The molecular formula is C13H18N2O2. The smallest absolute Gasteiger partial charge is 0.252 e. The maximum absolute atomic E-state index is 11.9. The topological polar surface area (TPSA) is 62.0 Å². The zero-order valence-electron chi connectivity index (χ0n) is 10.0. The fourth-order valence-corrected chi connectivity index (χ4v) is 2.22. The van der Waals surface area contributed by atoms with Crippen molar-refractivity contribution >= 4 is 5.91 Å². The van der Waals surface area contributed by atoms with Crippen molar-refractivity contribution in [2.45, 2.75) is 38.6 Å². The summed E-state index contributed by atoms with van der Waals surface area (Å²) in [6.07, 6.45) is 5.92. The number of aromatic nitrogens is 1. The molecule has 1 saturated carbocycles. The van der Waals surface area contributed by atoms with Gasteiger partial charge in [-0.05, 0) is 37.7 Å². The Bertz CT molecular complexity index is 424. The maximum atomic E-state index is 11.9. The quantitative estimate of drug-likeness (QED) is 0.818. The summed E-state index contributed by atoms with van der Waals surface area (Å²) in [5, 5.41) is 3.01. The maximum Gasteiger partial charge on any atom is 0.252 e. The minimum absolute atomic E-state index is 0.0965. The molecule has 1 heterocycles. The number of carbonyl (C=O) groups excluding carboxylic acids is 1. The Balaban J connectivity index is 1.93. The molecule has 0 atom stereocenters. The number of nitrogens with one attached hydrogen (secondary N) is 2. The number of hydrogen-bond acceptors (Lipinski definition) is 2. The molecule has 1 amide bonds. The predicted molar refractivity (Wildman–Crippen MR) is 65.9 cm³/mol. The predicted octanol–water partition coefficient (Wildman–Crippen LogP) is 1.68. The monoisotopic (exact) mass is 234 g/mol. The number of aromatic amines is 1. The number of H-pyrrole nitrogens is 1. The lowest BCUT2D eigenvalue weighted by Crippen LogP contribution is -2.37. The molecule has 0 spiro atoms. The van der Waals surface area contributed by atoms with Crippen molar-refractivity contribution in [3.8, 4) is 0 Å². The van der Waals surface area contributed by atoms with Crippen LogP contribution in [0.3, 0.4) is 0 Å². The molecule has 0 aliphatic heterocycles. The van der Waals surface area contributed by atoms with Crippen LogP contribution in [0.4, 0.5) is 0 Å². The molecule has 2 rings (SSSR count). The van der Waals surface area contributed by atoms with Gasteiger partial charge in [0, 0.05) is 18.3 Å². The van der Waals surface area contributed by atoms with Crippen molar-refractivity contribution in [2.24, 2.45) is 5.92 Å². The molecule has 0 bridgehead atoms. The molecule has 0 aromatic carbocycles. The number of amides is 1. The third kappa shape index (κ3) is 3.19. The van der Waals surface area contributed by atoms with Crippen molar-refractivity contribution in [1.29, 1.82) is 0 Å². The number of hydrogen-bond donors (Lipinski definition) is 2. The van der Waals surface area contributed by atoms with Gasteiger partial charge in [-0.15, -0.1) is 0 Å². The first-order valence-electron chi connectivity index (χ1n) is 6.15. The Kier molecular flexibility index (Phi) is 3.61. The van der Waals surface area contributed by atoms with Crippen LogP contribution in [-0.4, -0.2) is 16.9 Å². The molecule has 0 unspecified atom stereocenters. The van der Waals surface area contributed by atoms with Gasteiger partial charge < -0.3 is 10.3 Å². The highest BCUT2D eigenvalue weighted by molar-refractivity contribution is 5.93. The molecule has 4 nitrogen and oxygen atoms in total. The van der Waals surface area contributed by atoms with Gasteiger partial charge in [-0.2, -0.15) is 0 Å². The summed E-state index contributed by atoms with van der Waals surface area (Å²) >= 11 is 0. The van der Waals surface area contributed by atoms with E-state index in [1.54, 1.807) is 6.07 Å². The van der Waals surface area contributed by atoms with E-state index in [-0.39, 0.29) is 17.5 Å². The van der Waals surface area contributed by atoms with Gasteiger partial charge in [0.25, 0.3) is 5.91 Å². The van der Waals surface area contributed by atoms with Crippen LogP contribution in [0.2, 0.25) is 0 Å². The summed E-state index contributed by atoms with van der Waals surface area (Å²) in [6, 6.07) is 3.21. The van der Waals surface area contributed by atoms with Gasteiger partial charge in [0.2, 0.25) is 5.56 Å². The Hall–Kier alpha value is -1.58. The first-order chi connectivity index (χ1) is 8.15. The van der Waals surface area contributed by atoms with Gasteiger partial charge in [-0.25, -0.2) is 0 Å². The van der Waals surface area contributed by atoms with E-state index in [1.807, 2.05) is 0 Å². The zero-order chi connectivity index (χ0) is 12.3. The van der Waals surface area contributed by atoms with Crippen LogP contribution in [0.15, 0.2) is 23.1 Å². The van der Waals surface area contributed by atoms with Crippen LogP contribution in [-0.2, 0) is 0 Å². The molecule has 1 fully saturated rings. The molecule has 1 aromatic heterocycles. The largest absolute Gasteiger partial charge is 0.349 e. The second kappa shape index (κ2) is 5.17. The second-order valence-electron chi connectivity index (χ2n) is 4.87. The summed E-state index contributed by atoms with van der Waals surface area (Å²) in [6.45, 7) is 2.25. The third-order valence-electron chi connectivity index (χ3n) is 3.40. The Morgan fingerprint density at radius 3 is 2.59 bits per heavy atom. The summed E-state index contributed by atoms with van der Waals surface area (Å²) in [5.41, 5.74) is 0.330. The minimum Gasteiger partial charge on any atom is -0.349 e. The van der Waals surface area contributed by atoms with E-state index in [0.29, 0.717) is 5.56 Å². The van der Waals surface area contributed by atoms with E-state index in [4.69, 9.17) is 0 Å². The van der Waals surface area contributed by atoms with Gasteiger partial charge in [-0.3, -0.25) is 9.59 Å². The summed E-state index contributed by atoms with van der Waals surface area (Å²) in [7, 11) is 0. The Morgan fingerprint density at radius 1 is 1.29 bits per heavy atom. The zero-order valence-corrected chi connectivity index (χ0v) is 10.0. The number of carbonyl (C=O) groups is 1. The van der Waals surface area contributed by atoms with E-state index in [0.717, 1.165) is 18.8 Å². The van der Waals surface area contributed by atoms with Crippen molar-refractivity contribution in [1.82, 2.24) is 10.3 Å². The molecule has 92 valence electrons. The standard InChI is InChI=1S/C13H18N2O2/c1-9-2-5-11(6-3-9)15-13(17)10-4-7-12(16)14-8-10/h4,7-9,11H,2-3,5-6H2,1H3,(H,14,16)(H,15,17). The highest BCUT2D eigenvalue weighted by Gasteiger charge is 2.20. The fourth-order valence-electron chi connectivity index (χ4n) is 2.22. The Morgan fingerprint density at radius 2 is 2.00 bits per heavy atom. The molecule has 17 heavy (non-hydrogen) atoms. The fraction of sp³-hybridized carbons (Fsp3) is 0.538. The SMILES string of the molecule is CC1CCC(NC(=O)c2ccc(=O)[nH]c2)CC1. The van der Waals surface area contributed by atoms with Gasteiger partial charge in [0.05, 0.1) is 5.56 Å². The molecule has 0 radical (unpaired) electrons. The van der Waals surface area contributed by atoms with E-state index < -0.39 is 0 Å². The average molecular weight is 234 g/mol. The van der Waals surface area contributed by atoms with Crippen LogP contribution in [0.25, 0.3) is 0 Å². The summed E-state index contributed by atoms with van der Waals surface area (Å²) in [5.74, 6) is 0.678. The average Bonchev–Trinajstić information content (AvgIpc) is 2.33. The molecule has 0 saturated heterocycles. The molecule has 4 heteroatoms. The van der Waals surface area contributed by atoms with E-state index in [9.17, 15) is 9.59 Å². The molecule has 1 aliphatic rings. The van der Waals surface area contributed by atoms with E-state index >= 15 is 0 Å². The first kappa shape index (κ1) is 11.9. The summed E-state index contributed by atoms with van der Waals surface area (Å²) < 4.78 is 0. The second-order valence-corrected chi connectivity index (χ2v) is 4.87.